The molecule has 0 aliphatic heterocycles. The number of aromatic nitrogens is 2. The first kappa shape index (κ1) is 36.2. The highest BCUT2D eigenvalue weighted by atomic mass is 32.2. The van der Waals surface area contributed by atoms with Gasteiger partial charge < -0.3 is 24.3 Å². The predicted molar refractivity (Wildman–Crippen MR) is 161 cm³/mol. The molecule has 1 aromatic carbocycles. The molecule has 2 aromatic heterocycles. The van der Waals surface area contributed by atoms with E-state index in [1.165, 1.54) is 39.3 Å². The number of hydrogen-bond acceptors (Lipinski definition) is 12. The van der Waals surface area contributed by atoms with Gasteiger partial charge in [0.2, 0.25) is 20.9 Å². The lowest BCUT2D eigenvalue weighted by Gasteiger charge is -2.13. The summed E-state index contributed by atoms with van der Waals surface area (Å²) in [7, 11) is -1.82. The number of esters is 2. The maximum Gasteiger partial charge on any atom is 0.433 e. The molecule has 0 aliphatic carbocycles. The number of sulfone groups is 1. The van der Waals surface area contributed by atoms with E-state index in [9.17, 15) is 36.0 Å². The topological polar surface area (TPSA) is 160 Å². The summed E-state index contributed by atoms with van der Waals surface area (Å²) in [6.45, 7) is 6.41. The summed E-state index contributed by atoms with van der Waals surface area (Å²) in [5.74, 6) is -2.51. The molecular formula is C29H32F3N3O9S2. The lowest BCUT2D eigenvalue weighted by Crippen LogP contribution is -2.19. The Kier molecular flexibility index (Phi) is 11.7. The molecule has 12 nitrogen and oxygen atoms in total. The van der Waals surface area contributed by atoms with Gasteiger partial charge in [-0.25, -0.2) is 28.0 Å². The summed E-state index contributed by atoms with van der Waals surface area (Å²) in [5.41, 5.74) is -1.51. The summed E-state index contributed by atoms with van der Waals surface area (Å²) >= 11 is 0.793. The molecule has 0 atom stereocenters. The van der Waals surface area contributed by atoms with Gasteiger partial charge in [-0.05, 0) is 63.9 Å². The monoisotopic (exact) mass is 687 g/mol. The molecule has 0 aliphatic rings. The van der Waals surface area contributed by atoms with Crippen LogP contribution >= 0.6 is 11.3 Å². The summed E-state index contributed by atoms with van der Waals surface area (Å²) in [6.07, 6.45) is -6.24. The van der Waals surface area contributed by atoms with Crippen molar-refractivity contribution in [1.82, 2.24) is 9.97 Å². The van der Waals surface area contributed by atoms with Crippen LogP contribution in [0.5, 0.6) is 11.5 Å². The quantitative estimate of drug-likeness (QED) is 0.179. The Hall–Kier alpha value is -4.25. The van der Waals surface area contributed by atoms with Crippen LogP contribution in [0.1, 0.15) is 64.9 Å². The second-order valence-electron chi connectivity index (χ2n) is 9.89. The van der Waals surface area contributed by atoms with Crippen molar-refractivity contribution in [2.75, 3.05) is 31.9 Å². The molecule has 2 heterocycles. The molecular weight excluding hydrogens is 655 g/mol. The number of carbonyl (C=O) groups is 3. The molecule has 46 heavy (non-hydrogen) atoms. The molecule has 0 fully saturated rings. The smallest absolute Gasteiger partial charge is 0.433 e. The zero-order valence-electron chi connectivity index (χ0n) is 25.7. The molecule has 3 aromatic rings. The van der Waals surface area contributed by atoms with Crippen LogP contribution in [0.15, 0.2) is 29.4 Å². The minimum Gasteiger partial charge on any atom is -0.493 e. The maximum absolute atomic E-state index is 13.7. The van der Waals surface area contributed by atoms with Gasteiger partial charge >= 0.3 is 18.1 Å². The van der Waals surface area contributed by atoms with Gasteiger partial charge in [-0.1, -0.05) is 0 Å². The number of halogens is 3. The third kappa shape index (κ3) is 8.72. The molecule has 250 valence electrons. The molecule has 17 heteroatoms. The van der Waals surface area contributed by atoms with Crippen LogP contribution in [0, 0.1) is 6.92 Å². The summed E-state index contributed by atoms with van der Waals surface area (Å²) in [5, 5.41) is 1.43. The fourth-order valence-electron chi connectivity index (χ4n) is 4.07. The van der Waals surface area contributed by atoms with E-state index < -0.39 is 63.0 Å². The van der Waals surface area contributed by atoms with Gasteiger partial charge in [0.15, 0.2) is 11.5 Å². The van der Waals surface area contributed by atoms with Crippen molar-refractivity contribution in [2.45, 2.75) is 58.0 Å². The molecule has 1 amide bonds. The molecule has 0 spiro atoms. The van der Waals surface area contributed by atoms with Gasteiger partial charge in [-0.2, -0.15) is 13.2 Å². The first-order valence-electron chi connectivity index (χ1n) is 13.7. The number of anilines is 1. The van der Waals surface area contributed by atoms with Crippen molar-refractivity contribution in [3.8, 4) is 22.8 Å². The van der Waals surface area contributed by atoms with Crippen molar-refractivity contribution < 1.29 is 54.9 Å². The predicted octanol–water partition coefficient (Wildman–Crippen LogP) is 5.48. The van der Waals surface area contributed by atoms with Crippen molar-refractivity contribution in [1.29, 1.82) is 0 Å². The van der Waals surface area contributed by atoms with E-state index in [0.717, 1.165) is 11.3 Å². The van der Waals surface area contributed by atoms with Gasteiger partial charge in [0.1, 0.15) is 15.6 Å². The number of nitrogens with zero attached hydrogens (tertiary/aromatic N) is 2. The van der Waals surface area contributed by atoms with E-state index >= 15 is 0 Å². The molecule has 0 bridgehead atoms. The first-order chi connectivity index (χ1) is 21.5. The number of carbonyl (C=O) groups excluding carboxylic acids is 3. The number of ether oxygens (including phenoxy) is 4. The number of amides is 1. The van der Waals surface area contributed by atoms with E-state index in [0.29, 0.717) is 11.8 Å². The normalized spacial score (nSPS) is 11.7. The standard InChI is InChI=1S/C29H32F3N3O9S2/c1-7-43-27(38)24-16(4)23(26(37)44-15(2)3)25(45-24)35-22(36)9-8-12-46(39,40)28-33-18(14-21(34-28)29(30,31)32)17-10-11-19(41-5)20(13-17)42-6/h10-11,13-15H,7-9,12H2,1-6H3,(H,35,36). The Morgan fingerprint density at radius 2 is 1.70 bits per heavy atom. The third-order valence-corrected chi connectivity index (χ3v) is 8.93. The Labute approximate surface area is 267 Å². The zero-order chi connectivity index (χ0) is 34.4. The number of hydrogen-bond donors (Lipinski definition) is 1. The van der Waals surface area contributed by atoms with E-state index in [-0.39, 0.29) is 51.0 Å². The van der Waals surface area contributed by atoms with Gasteiger partial charge in [-0.15, -0.1) is 11.3 Å². The van der Waals surface area contributed by atoms with Crippen molar-refractivity contribution in [3.63, 3.8) is 0 Å². The molecule has 0 saturated carbocycles. The summed E-state index contributed by atoms with van der Waals surface area (Å²) in [6, 6.07) is 4.76. The SMILES string of the molecule is CCOC(=O)c1sc(NC(=O)CCCS(=O)(=O)c2nc(-c3ccc(OC)c(OC)c3)cc(C(F)(F)F)n2)c(C(=O)OC(C)C)c1C. The van der Waals surface area contributed by atoms with E-state index in [2.05, 4.69) is 15.3 Å². The van der Waals surface area contributed by atoms with Gasteiger partial charge in [0, 0.05) is 12.0 Å². The largest absolute Gasteiger partial charge is 0.493 e. The number of benzene rings is 1. The van der Waals surface area contributed by atoms with Crippen LogP contribution in [-0.2, 0) is 30.3 Å². The highest BCUT2D eigenvalue weighted by molar-refractivity contribution is 7.91. The van der Waals surface area contributed by atoms with Crippen LogP contribution in [-0.4, -0.2) is 68.9 Å². The number of methoxy groups -OCH3 is 2. The Morgan fingerprint density at radius 3 is 2.28 bits per heavy atom. The fourth-order valence-corrected chi connectivity index (χ4v) is 6.35. The Bertz CT molecular complexity index is 1720. The number of thiophene rings is 1. The molecule has 3 rings (SSSR count). The van der Waals surface area contributed by atoms with E-state index in [1.807, 2.05) is 0 Å². The Balaban J connectivity index is 1.84. The third-order valence-electron chi connectivity index (χ3n) is 6.18. The maximum atomic E-state index is 13.7. The average Bonchev–Trinajstić information content (AvgIpc) is 3.31. The fraction of sp³-hybridized carbons (Fsp3) is 0.414. The van der Waals surface area contributed by atoms with Gasteiger partial charge in [0.25, 0.3) is 0 Å². The second-order valence-corrected chi connectivity index (χ2v) is 12.9. The zero-order valence-corrected chi connectivity index (χ0v) is 27.4. The van der Waals surface area contributed by atoms with Crippen LogP contribution in [0.3, 0.4) is 0 Å². The summed E-state index contributed by atoms with van der Waals surface area (Å²) in [4.78, 5) is 45.2. The number of rotatable bonds is 13. The highest BCUT2D eigenvalue weighted by Crippen LogP contribution is 2.36. The van der Waals surface area contributed by atoms with Crippen LogP contribution in [0.4, 0.5) is 18.2 Å². The Morgan fingerprint density at radius 1 is 1.02 bits per heavy atom. The van der Waals surface area contributed by atoms with E-state index in [4.69, 9.17) is 18.9 Å². The molecule has 1 N–H and O–H groups in total. The van der Waals surface area contributed by atoms with Crippen LogP contribution in [0.25, 0.3) is 11.3 Å². The molecule has 0 radical (unpaired) electrons. The lowest BCUT2D eigenvalue weighted by molar-refractivity contribution is -0.141. The van der Waals surface area contributed by atoms with Crippen molar-refractivity contribution in [3.05, 3.63) is 46.0 Å². The van der Waals surface area contributed by atoms with Crippen LogP contribution in [0.2, 0.25) is 0 Å². The van der Waals surface area contributed by atoms with Crippen LogP contribution < -0.4 is 14.8 Å². The van der Waals surface area contributed by atoms with Gasteiger partial charge in [-0.3, -0.25) is 4.79 Å². The minimum atomic E-state index is -4.99. The molecule has 0 saturated heterocycles. The van der Waals surface area contributed by atoms with Crippen molar-refractivity contribution >= 4 is 44.0 Å². The molecule has 0 unspecified atom stereocenters. The van der Waals surface area contributed by atoms with Gasteiger partial charge in [0.05, 0.1) is 43.9 Å². The highest BCUT2D eigenvalue weighted by Gasteiger charge is 2.36. The van der Waals surface area contributed by atoms with E-state index in [1.54, 1.807) is 20.8 Å². The first-order valence-corrected chi connectivity index (χ1v) is 16.2. The second kappa shape index (κ2) is 14.9. The average molecular weight is 688 g/mol. The van der Waals surface area contributed by atoms with Crippen molar-refractivity contribution in [2.24, 2.45) is 0 Å². The summed E-state index contributed by atoms with van der Waals surface area (Å²) < 4.78 is 88.0. The number of nitrogens with one attached hydrogen (secondary N) is 1. The lowest BCUT2D eigenvalue weighted by atomic mass is 10.1. The minimum absolute atomic E-state index is 0.000154. The number of alkyl halides is 3.